The SMILES string of the molecule is C=CCCC(C)NCCC. The number of rotatable bonds is 6. The van der Waals surface area contributed by atoms with Gasteiger partial charge in [0.25, 0.3) is 0 Å². The third kappa shape index (κ3) is 5.83. The fraction of sp³-hybridized carbons (Fsp3) is 0.778. The molecule has 60 valence electrons. The highest BCUT2D eigenvalue weighted by molar-refractivity contribution is 4.70. The van der Waals surface area contributed by atoms with E-state index in [0.29, 0.717) is 6.04 Å². The summed E-state index contributed by atoms with van der Waals surface area (Å²) in [7, 11) is 0. The van der Waals surface area contributed by atoms with Gasteiger partial charge in [0.05, 0.1) is 0 Å². The summed E-state index contributed by atoms with van der Waals surface area (Å²) in [6.07, 6.45) is 5.53. The summed E-state index contributed by atoms with van der Waals surface area (Å²) in [4.78, 5) is 0. The Morgan fingerprint density at radius 1 is 1.60 bits per heavy atom. The van der Waals surface area contributed by atoms with Gasteiger partial charge in [0.1, 0.15) is 0 Å². The molecule has 0 rings (SSSR count). The Morgan fingerprint density at radius 2 is 2.30 bits per heavy atom. The largest absolute Gasteiger partial charge is 0.314 e. The molecule has 0 aliphatic carbocycles. The van der Waals surface area contributed by atoms with E-state index in [1.54, 1.807) is 0 Å². The van der Waals surface area contributed by atoms with Crippen molar-refractivity contribution in [3.63, 3.8) is 0 Å². The topological polar surface area (TPSA) is 12.0 Å². The zero-order valence-corrected chi connectivity index (χ0v) is 7.19. The number of allylic oxidation sites excluding steroid dienone is 1. The molecule has 1 atom stereocenters. The average Bonchev–Trinajstić information content (AvgIpc) is 1.97. The number of hydrogen-bond donors (Lipinski definition) is 1. The molecule has 1 nitrogen and oxygen atoms in total. The second-order valence-electron chi connectivity index (χ2n) is 2.72. The lowest BCUT2D eigenvalue weighted by Crippen LogP contribution is -2.26. The lowest BCUT2D eigenvalue weighted by atomic mass is 10.2. The van der Waals surface area contributed by atoms with Crippen LogP contribution in [-0.2, 0) is 0 Å². The Morgan fingerprint density at radius 3 is 2.80 bits per heavy atom. The highest BCUT2D eigenvalue weighted by Gasteiger charge is 1.96. The predicted octanol–water partition coefficient (Wildman–Crippen LogP) is 2.34. The summed E-state index contributed by atoms with van der Waals surface area (Å²) in [5.74, 6) is 0. The maximum Gasteiger partial charge on any atom is 0.00416 e. The van der Waals surface area contributed by atoms with E-state index in [0.717, 1.165) is 13.0 Å². The summed E-state index contributed by atoms with van der Waals surface area (Å²) in [5.41, 5.74) is 0. The summed E-state index contributed by atoms with van der Waals surface area (Å²) >= 11 is 0. The minimum atomic E-state index is 0.651. The van der Waals surface area contributed by atoms with Crippen LogP contribution in [0.25, 0.3) is 0 Å². The molecule has 0 saturated heterocycles. The van der Waals surface area contributed by atoms with Gasteiger partial charge in [-0.15, -0.1) is 6.58 Å². The smallest absolute Gasteiger partial charge is 0.00416 e. The molecule has 0 spiro atoms. The highest BCUT2D eigenvalue weighted by atomic mass is 14.9. The standard InChI is InChI=1S/C9H19N/c1-4-6-7-9(3)10-8-5-2/h4,9-10H,1,5-8H2,2-3H3. The molecule has 0 aromatic rings. The average molecular weight is 141 g/mol. The first-order valence-corrected chi connectivity index (χ1v) is 4.15. The first-order chi connectivity index (χ1) is 4.81. The quantitative estimate of drug-likeness (QED) is 0.560. The molecule has 1 N–H and O–H groups in total. The summed E-state index contributed by atoms with van der Waals surface area (Å²) < 4.78 is 0. The Kier molecular flexibility index (Phi) is 6.61. The molecule has 1 heteroatoms. The van der Waals surface area contributed by atoms with E-state index in [4.69, 9.17) is 0 Å². The van der Waals surface area contributed by atoms with Crippen LogP contribution in [0, 0.1) is 0 Å². The van der Waals surface area contributed by atoms with Crippen LogP contribution in [-0.4, -0.2) is 12.6 Å². The molecule has 0 saturated carbocycles. The van der Waals surface area contributed by atoms with Crippen molar-refractivity contribution in [2.24, 2.45) is 0 Å². The van der Waals surface area contributed by atoms with Crippen molar-refractivity contribution in [3.05, 3.63) is 12.7 Å². The molecule has 0 heterocycles. The normalized spacial score (nSPS) is 13.0. The minimum Gasteiger partial charge on any atom is -0.314 e. The fourth-order valence-corrected chi connectivity index (χ4v) is 0.861. The Balaban J connectivity index is 3.07. The van der Waals surface area contributed by atoms with Crippen LogP contribution in [0.15, 0.2) is 12.7 Å². The Bertz CT molecular complexity index is 78.8. The highest BCUT2D eigenvalue weighted by Crippen LogP contribution is 1.95. The Labute approximate surface area is 64.5 Å². The molecule has 0 aromatic heterocycles. The van der Waals surface area contributed by atoms with Crippen molar-refractivity contribution in [3.8, 4) is 0 Å². The van der Waals surface area contributed by atoms with Gasteiger partial charge in [-0.05, 0) is 32.7 Å². The van der Waals surface area contributed by atoms with E-state index >= 15 is 0 Å². The van der Waals surface area contributed by atoms with Crippen LogP contribution in [0.5, 0.6) is 0 Å². The third-order valence-corrected chi connectivity index (χ3v) is 1.55. The van der Waals surface area contributed by atoms with Crippen molar-refractivity contribution < 1.29 is 0 Å². The molecule has 0 radical (unpaired) electrons. The molecular formula is C9H19N. The minimum absolute atomic E-state index is 0.651. The van der Waals surface area contributed by atoms with Crippen LogP contribution in [0.2, 0.25) is 0 Å². The van der Waals surface area contributed by atoms with Gasteiger partial charge in [0.15, 0.2) is 0 Å². The van der Waals surface area contributed by atoms with Gasteiger partial charge in [0, 0.05) is 6.04 Å². The maximum absolute atomic E-state index is 3.69. The Hall–Kier alpha value is -0.300. The fourth-order valence-electron chi connectivity index (χ4n) is 0.861. The van der Waals surface area contributed by atoms with E-state index in [2.05, 4.69) is 25.7 Å². The van der Waals surface area contributed by atoms with Crippen LogP contribution in [0.3, 0.4) is 0 Å². The van der Waals surface area contributed by atoms with E-state index in [-0.39, 0.29) is 0 Å². The van der Waals surface area contributed by atoms with Crippen molar-refractivity contribution in [1.29, 1.82) is 0 Å². The van der Waals surface area contributed by atoms with E-state index in [1.165, 1.54) is 12.8 Å². The van der Waals surface area contributed by atoms with Crippen molar-refractivity contribution in [2.75, 3.05) is 6.54 Å². The first-order valence-electron chi connectivity index (χ1n) is 4.15. The van der Waals surface area contributed by atoms with Crippen molar-refractivity contribution >= 4 is 0 Å². The molecule has 0 fully saturated rings. The second kappa shape index (κ2) is 6.81. The van der Waals surface area contributed by atoms with Crippen LogP contribution in [0.1, 0.15) is 33.1 Å². The van der Waals surface area contributed by atoms with Gasteiger partial charge in [-0.3, -0.25) is 0 Å². The summed E-state index contributed by atoms with van der Waals surface area (Å²) in [6.45, 7) is 9.23. The van der Waals surface area contributed by atoms with E-state index in [9.17, 15) is 0 Å². The molecular weight excluding hydrogens is 122 g/mol. The molecule has 0 bridgehead atoms. The molecule has 0 aliphatic rings. The first kappa shape index (κ1) is 9.70. The van der Waals surface area contributed by atoms with Crippen molar-refractivity contribution in [1.82, 2.24) is 5.32 Å². The molecule has 10 heavy (non-hydrogen) atoms. The van der Waals surface area contributed by atoms with Crippen LogP contribution >= 0.6 is 0 Å². The number of hydrogen-bond acceptors (Lipinski definition) is 1. The zero-order chi connectivity index (χ0) is 7.82. The van der Waals surface area contributed by atoms with Gasteiger partial charge in [-0.2, -0.15) is 0 Å². The van der Waals surface area contributed by atoms with Crippen LogP contribution in [0.4, 0.5) is 0 Å². The van der Waals surface area contributed by atoms with E-state index < -0.39 is 0 Å². The lowest BCUT2D eigenvalue weighted by molar-refractivity contribution is 0.517. The molecule has 0 aromatic carbocycles. The predicted molar refractivity (Wildman–Crippen MR) is 47.2 cm³/mol. The van der Waals surface area contributed by atoms with Gasteiger partial charge in [-0.1, -0.05) is 13.0 Å². The third-order valence-electron chi connectivity index (χ3n) is 1.55. The molecule has 0 aliphatic heterocycles. The number of nitrogens with one attached hydrogen (secondary N) is 1. The zero-order valence-electron chi connectivity index (χ0n) is 7.19. The monoisotopic (exact) mass is 141 g/mol. The van der Waals surface area contributed by atoms with Gasteiger partial charge in [0.2, 0.25) is 0 Å². The van der Waals surface area contributed by atoms with Crippen molar-refractivity contribution in [2.45, 2.75) is 39.2 Å². The van der Waals surface area contributed by atoms with Gasteiger partial charge in [-0.25, -0.2) is 0 Å². The molecule has 1 unspecified atom stereocenters. The molecule has 0 amide bonds. The van der Waals surface area contributed by atoms with Gasteiger partial charge < -0.3 is 5.32 Å². The summed E-state index contributed by atoms with van der Waals surface area (Å²) in [6, 6.07) is 0.651. The van der Waals surface area contributed by atoms with Gasteiger partial charge >= 0.3 is 0 Å². The maximum atomic E-state index is 3.69. The lowest BCUT2D eigenvalue weighted by Gasteiger charge is -2.10. The summed E-state index contributed by atoms with van der Waals surface area (Å²) in [5, 5.41) is 3.42. The van der Waals surface area contributed by atoms with E-state index in [1.807, 2.05) is 6.08 Å². The second-order valence-corrected chi connectivity index (χ2v) is 2.72. The van der Waals surface area contributed by atoms with Crippen LogP contribution < -0.4 is 5.32 Å².